The monoisotopic (exact) mass is 299 g/mol. The van der Waals surface area contributed by atoms with Crippen LogP contribution in [-0.2, 0) is 0 Å². The predicted molar refractivity (Wildman–Crippen MR) is 84.1 cm³/mol. The molecule has 3 aromatic rings. The van der Waals surface area contributed by atoms with E-state index in [1.165, 1.54) is 12.1 Å². The molecule has 1 atom stereocenters. The highest BCUT2D eigenvalue weighted by Gasteiger charge is 2.15. The molecule has 1 N–H and O–H groups in total. The molecule has 2 nitrogen and oxygen atoms in total. The van der Waals surface area contributed by atoms with Gasteiger partial charge in [-0.2, -0.15) is 0 Å². The molecule has 0 spiro atoms. The highest BCUT2D eigenvalue weighted by atomic mass is 32.1. The second-order valence-electron chi connectivity index (χ2n) is 4.85. The van der Waals surface area contributed by atoms with Crippen LogP contribution in [-0.4, -0.2) is 5.91 Å². The lowest BCUT2D eigenvalue weighted by atomic mass is 10.0. The van der Waals surface area contributed by atoms with Gasteiger partial charge in [-0.3, -0.25) is 4.79 Å². The number of carbonyl (C=O) groups is 1. The molecule has 21 heavy (non-hydrogen) atoms. The Morgan fingerprint density at radius 1 is 1.10 bits per heavy atom. The number of halogens is 1. The minimum Gasteiger partial charge on any atom is -0.345 e. The minimum absolute atomic E-state index is 0.0682. The molecule has 0 aliphatic carbocycles. The van der Waals surface area contributed by atoms with Gasteiger partial charge in [-0.15, -0.1) is 11.3 Å². The van der Waals surface area contributed by atoms with E-state index in [2.05, 4.69) is 5.32 Å². The highest BCUT2D eigenvalue weighted by molar-refractivity contribution is 7.10. The fourth-order valence-electron chi connectivity index (χ4n) is 2.34. The summed E-state index contributed by atoms with van der Waals surface area (Å²) in [5.41, 5.74) is 0.496. The Bertz CT molecular complexity index is 783. The quantitative estimate of drug-likeness (QED) is 0.756. The summed E-state index contributed by atoms with van der Waals surface area (Å²) < 4.78 is 13.8. The van der Waals surface area contributed by atoms with E-state index >= 15 is 0 Å². The van der Waals surface area contributed by atoms with Crippen molar-refractivity contribution in [3.05, 3.63) is 70.2 Å². The van der Waals surface area contributed by atoms with Crippen LogP contribution in [0.25, 0.3) is 10.8 Å². The lowest BCUT2D eigenvalue weighted by Gasteiger charge is -2.13. The Morgan fingerprint density at radius 2 is 1.86 bits per heavy atom. The second kappa shape index (κ2) is 5.66. The molecular weight excluding hydrogens is 285 g/mol. The molecule has 0 radical (unpaired) electrons. The van der Waals surface area contributed by atoms with E-state index in [0.29, 0.717) is 16.3 Å². The van der Waals surface area contributed by atoms with Crippen LogP contribution in [0.2, 0.25) is 0 Å². The van der Waals surface area contributed by atoms with Crippen LogP contribution in [0.4, 0.5) is 4.39 Å². The van der Waals surface area contributed by atoms with Gasteiger partial charge in [0, 0.05) is 15.8 Å². The first kappa shape index (κ1) is 13.8. The van der Waals surface area contributed by atoms with Crippen molar-refractivity contribution in [3.63, 3.8) is 0 Å². The number of thiophene rings is 1. The van der Waals surface area contributed by atoms with Crippen LogP contribution in [0.3, 0.4) is 0 Å². The van der Waals surface area contributed by atoms with Gasteiger partial charge in [0.1, 0.15) is 5.82 Å². The summed E-state index contributed by atoms with van der Waals surface area (Å²) in [6.45, 7) is 1.94. The molecule has 0 aliphatic heterocycles. The Morgan fingerprint density at radius 3 is 2.57 bits per heavy atom. The second-order valence-corrected chi connectivity index (χ2v) is 5.83. The maximum Gasteiger partial charge on any atom is 0.252 e. The summed E-state index contributed by atoms with van der Waals surface area (Å²) >= 11 is 1.60. The zero-order chi connectivity index (χ0) is 14.8. The predicted octanol–water partition coefficient (Wildman–Crippen LogP) is 4.53. The Hall–Kier alpha value is -2.20. The summed E-state index contributed by atoms with van der Waals surface area (Å²) in [4.78, 5) is 13.5. The van der Waals surface area contributed by atoms with Gasteiger partial charge in [-0.25, -0.2) is 4.39 Å². The number of rotatable bonds is 3. The minimum atomic E-state index is -0.312. The number of fused-ring (bicyclic) bond motifs is 1. The molecule has 1 amide bonds. The van der Waals surface area contributed by atoms with E-state index < -0.39 is 0 Å². The summed E-state index contributed by atoms with van der Waals surface area (Å²) in [6, 6.07) is 13.8. The number of hydrogen-bond donors (Lipinski definition) is 1. The van der Waals surface area contributed by atoms with E-state index in [1.54, 1.807) is 35.6 Å². The van der Waals surface area contributed by atoms with Crippen LogP contribution in [0.1, 0.15) is 28.2 Å². The van der Waals surface area contributed by atoms with Gasteiger partial charge in [-0.1, -0.05) is 30.3 Å². The van der Waals surface area contributed by atoms with Gasteiger partial charge in [0.2, 0.25) is 0 Å². The van der Waals surface area contributed by atoms with Crippen molar-refractivity contribution in [2.75, 3.05) is 0 Å². The lowest BCUT2D eigenvalue weighted by Crippen LogP contribution is -2.26. The fraction of sp³-hybridized carbons (Fsp3) is 0.118. The third kappa shape index (κ3) is 2.67. The first-order chi connectivity index (χ1) is 10.2. The van der Waals surface area contributed by atoms with E-state index in [1.807, 2.05) is 24.4 Å². The molecule has 0 saturated carbocycles. The van der Waals surface area contributed by atoms with E-state index in [-0.39, 0.29) is 17.8 Å². The molecule has 106 valence electrons. The summed E-state index contributed by atoms with van der Waals surface area (Å²) in [7, 11) is 0. The average Bonchev–Trinajstić information content (AvgIpc) is 3.02. The van der Waals surface area contributed by atoms with Gasteiger partial charge >= 0.3 is 0 Å². The Kier molecular flexibility index (Phi) is 3.71. The van der Waals surface area contributed by atoms with Gasteiger partial charge in [0.25, 0.3) is 5.91 Å². The SMILES string of the molecule is CC(NC(=O)c1ccc(F)c2ccccc12)c1cccs1. The molecule has 1 aromatic heterocycles. The van der Waals surface area contributed by atoms with Crippen LogP contribution in [0.5, 0.6) is 0 Å². The number of amides is 1. The maximum absolute atomic E-state index is 13.8. The third-order valence-corrected chi connectivity index (χ3v) is 4.49. The van der Waals surface area contributed by atoms with Crippen molar-refractivity contribution < 1.29 is 9.18 Å². The first-order valence-electron chi connectivity index (χ1n) is 6.68. The van der Waals surface area contributed by atoms with Crippen LogP contribution < -0.4 is 5.32 Å². The van der Waals surface area contributed by atoms with Crippen LogP contribution >= 0.6 is 11.3 Å². The highest BCUT2D eigenvalue weighted by Crippen LogP contribution is 2.23. The number of nitrogens with one attached hydrogen (secondary N) is 1. The molecule has 0 saturated heterocycles. The molecule has 1 unspecified atom stereocenters. The average molecular weight is 299 g/mol. The van der Waals surface area contributed by atoms with Gasteiger partial charge in [0.05, 0.1) is 6.04 Å². The normalized spacial score (nSPS) is 12.3. The van der Waals surface area contributed by atoms with Crippen molar-refractivity contribution in [2.24, 2.45) is 0 Å². The molecule has 4 heteroatoms. The van der Waals surface area contributed by atoms with Crippen molar-refractivity contribution >= 4 is 28.0 Å². The van der Waals surface area contributed by atoms with Crippen molar-refractivity contribution in [3.8, 4) is 0 Å². The van der Waals surface area contributed by atoms with Gasteiger partial charge in [-0.05, 0) is 35.9 Å². The van der Waals surface area contributed by atoms with E-state index in [9.17, 15) is 9.18 Å². The van der Waals surface area contributed by atoms with Crippen LogP contribution in [0, 0.1) is 5.82 Å². The van der Waals surface area contributed by atoms with Crippen molar-refractivity contribution in [1.29, 1.82) is 0 Å². The molecule has 3 rings (SSSR count). The van der Waals surface area contributed by atoms with Crippen LogP contribution in [0.15, 0.2) is 53.9 Å². The first-order valence-corrected chi connectivity index (χ1v) is 7.56. The number of hydrogen-bond acceptors (Lipinski definition) is 2. The summed E-state index contributed by atoms with van der Waals surface area (Å²) in [6.07, 6.45) is 0. The molecule has 0 bridgehead atoms. The number of benzene rings is 2. The third-order valence-electron chi connectivity index (χ3n) is 3.43. The maximum atomic E-state index is 13.8. The zero-order valence-electron chi connectivity index (χ0n) is 11.5. The zero-order valence-corrected chi connectivity index (χ0v) is 12.3. The summed E-state index contributed by atoms with van der Waals surface area (Å²) in [5, 5.41) is 6.04. The molecule has 2 aromatic carbocycles. The molecule has 1 heterocycles. The largest absolute Gasteiger partial charge is 0.345 e. The molecule has 0 fully saturated rings. The van der Waals surface area contributed by atoms with E-state index in [4.69, 9.17) is 0 Å². The Balaban J connectivity index is 1.93. The number of carbonyl (C=O) groups excluding carboxylic acids is 1. The summed E-state index contributed by atoms with van der Waals surface area (Å²) in [5.74, 6) is -0.499. The Labute approximate surface area is 126 Å². The van der Waals surface area contributed by atoms with Gasteiger partial charge in [0.15, 0.2) is 0 Å². The van der Waals surface area contributed by atoms with Crippen molar-refractivity contribution in [1.82, 2.24) is 5.32 Å². The molecular formula is C17H14FNOS. The molecule has 0 aliphatic rings. The topological polar surface area (TPSA) is 29.1 Å². The standard InChI is InChI=1S/C17H14FNOS/c1-11(16-7-4-10-21-16)19-17(20)14-8-9-15(18)13-6-3-2-5-12(13)14/h2-11H,1H3,(H,19,20). The van der Waals surface area contributed by atoms with Gasteiger partial charge < -0.3 is 5.32 Å². The van der Waals surface area contributed by atoms with Crippen molar-refractivity contribution in [2.45, 2.75) is 13.0 Å². The lowest BCUT2D eigenvalue weighted by molar-refractivity contribution is 0.0942. The fourth-order valence-corrected chi connectivity index (χ4v) is 3.08. The smallest absolute Gasteiger partial charge is 0.252 e. The van der Waals surface area contributed by atoms with E-state index in [0.717, 1.165) is 4.88 Å².